The van der Waals surface area contributed by atoms with Crippen molar-refractivity contribution < 1.29 is 37.8 Å². The van der Waals surface area contributed by atoms with E-state index in [1.807, 2.05) is 24.3 Å². The molecule has 0 saturated heterocycles. The number of benzene rings is 4. The first-order chi connectivity index (χ1) is 22.5. The van der Waals surface area contributed by atoms with Gasteiger partial charge in [-0.2, -0.15) is 0 Å². The van der Waals surface area contributed by atoms with Crippen LogP contribution in [0.25, 0.3) is 0 Å². The summed E-state index contributed by atoms with van der Waals surface area (Å²) in [6.45, 7) is 1.96. The van der Waals surface area contributed by atoms with Gasteiger partial charge in [-0.3, -0.25) is 0 Å². The number of quaternary nitrogens is 2. The van der Waals surface area contributed by atoms with Gasteiger partial charge in [0, 0.05) is 31.2 Å². The van der Waals surface area contributed by atoms with Gasteiger partial charge >= 0.3 is 0 Å². The quantitative estimate of drug-likeness (QED) is 0.241. The zero-order valence-corrected chi connectivity index (χ0v) is 28.6. The topological polar surface area (TPSA) is 66.4 Å². The number of hydrogen-bond acceptors (Lipinski definition) is 6. The lowest BCUT2D eigenvalue weighted by atomic mass is 9.85. The Bertz CT molecular complexity index is 1830. The van der Waals surface area contributed by atoms with Crippen molar-refractivity contribution in [1.29, 1.82) is 0 Å². The van der Waals surface area contributed by atoms with E-state index in [0.29, 0.717) is 40.2 Å². The van der Waals surface area contributed by atoms with Gasteiger partial charge in [-0.05, 0) is 64.7 Å². The van der Waals surface area contributed by atoms with Gasteiger partial charge < -0.3 is 37.8 Å². The van der Waals surface area contributed by atoms with Crippen LogP contribution in [0.4, 0.5) is 0 Å². The Balaban J connectivity index is 1.49. The van der Waals surface area contributed by atoms with Gasteiger partial charge in [-0.25, -0.2) is 0 Å². The largest absolute Gasteiger partial charge is 0.504 e. The third kappa shape index (κ3) is 5.53. The molecule has 0 fully saturated rings. The molecule has 4 aromatic rings. The predicted molar refractivity (Wildman–Crippen MR) is 181 cm³/mol. The second kappa shape index (κ2) is 11.7. The number of ether oxygens (including phenoxy) is 5. The molecule has 0 spiro atoms. The fourth-order valence-electron chi connectivity index (χ4n) is 7.79. The lowest BCUT2D eigenvalue weighted by Crippen LogP contribution is -2.49. The Morgan fingerprint density at radius 2 is 1.30 bits per heavy atom. The van der Waals surface area contributed by atoms with Crippen molar-refractivity contribution in [2.45, 2.75) is 37.8 Å². The van der Waals surface area contributed by atoms with Gasteiger partial charge in [-0.1, -0.05) is 18.2 Å². The number of phenols is 1. The average Bonchev–Trinajstić information content (AvgIpc) is 3.05. The fourth-order valence-corrected chi connectivity index (χ4v) is 7.79. The molecule has 1 N–H and O–H groups in total. The highest BCUT2D eigenvalue weighted by Crippen LogP contribution is 2.53. The van der Waals surface area contributed by atoms with Crippen molar-refractivity contribution in [2.24, 2.45) is 0 Å². The zero-order chi connectivity index (χ0) is 33.1. The molecule has 0 saturated carbocycles. The van der Waals surface area contributed by atoms with Crippen LogP contribution < -0.4 is 23.7 Å². The standard InChI is InChI=1S/C39H45N2O6/c1-40(2)16-14-26-21-34(43-5)35-23-29(26)30(40)19-25-10-13-32(42)33(20-25)46-28-11-8-24(9-12-28)18-31-37-27(15-17-41(31,3)4)22-36(44-6)38(45-7)39(37)47-35/h8-13,20-23,30-31H,14-19H2,1-7H3/q+1/p+1/t30-,31+/m1/s1. The van der Waals surface area contributed by atoms with Crippen LogP contribution in [0.3, 0.4) is 0 Å². The number of hydrogen-bond donors (Lipinski definition) is 1. The molecular formula is C39H46N2O6+2. The van der Waals surface area contributed by atoms with Gasteiger partial charge in [0.15, 0.2) is 34.5 Å². The molecule has 2 atom stereocenters. The third-order valence-electron chi connectivity index (χ3n) is 10.7. The van der Waals surface area contributed by atoms with Gasteiger partial charge in [0.25, 0.3) is 0 Å². The van der Waals surface area contributed by atoms with Crippen molar-refractivity contribution in [3.05, 3.63) is 94.0 Å². The molecule has 0 aromatic heterocycles. The molecule has 0 unspecified atom stereocenters. The van der Waals surface area contributed by atoms with E-state index in [1.165, 1.54) is 22.3 Å². The van der Waals surface area contributed by atoms with Gasteiger partial charge in [0.05, 0.1) is 68.2 Å². The van der Waals surface area contributed by atoms with E-state index < -0.39 is 0 Å². The number of likely N-dealkylation sites (N-methyl/N-ethyl adjacent to an activating group) is 2. The summed E-state index contributed by atoms with van der Waals surface area (Å²) in [7, 11) is 14.2. The smallest absolute Gasteiger partial charge is 0.204 e. The van der Waals surface area contributed by atoms with E-state index >= 15 is 0 Å². The first-order valence-corrected chi connectivity index (χ1v) is 16.4. The minimum absolute atomic E-state index is 0.0758. The molecule has 6 bridgehead atoms. The van der Waals surface area contributed by atoms with Crippen LogP contribution in [0.2, 0.25) is 0 Å². The molecule has 4 aliphatic rings. The first-order valence-electron chi connectivity index (χ1n) is 16.4. The van der Waals surface area contributed by atoms with Crippen molar-refractivity contribution in [3.63, 3.8) is 0 Å². The summed E-state index contributed by atoms with van der Waals surface area (Å²) >= 11 is 0. The molecule has 8 rings (SSSR count). The van der Waals surface area contributed by atoms with E-state index in [-0.39, 0.29) is 17.8 Å². The Hall–Kier alpha value is -4.40. The van der Waals surface area contributed by atoms with Crippen LogP contribution in [0.1, 0.15) is 45.5 Å². The number of methoxy groups -OCH3 is 3. The van der Waals surface area contributed by atoms with E-state index in [1.54, 1.807) is 27.4 Å². The van der Waals surface area contributed by atoms with Crippen LogP contribution in [0.15, 0.2) is 60.7 Å². The average molecular weight is 639 g/mol. The molecule has 0 amide bonds. The summed E-state index contributed by atoms with van der Waals surface area (Å²) in [5.74, 6) is 4.54. The van der Waals surface area contributed by atoms with E-state index in [0.717, 1.165) is 58.9 Å². The summed E-state index contributed by atoms with van der Waals surface area (Å²) < 4.78 is 33.0. The molecule has 0 aliphatic carbocycles. The van der Waals surface area contributed by atoms with Gasteiger partial charge in [0.2, 0.25) is 5.75 Å². The predicted octanol–water partition coefficient (Wildman–Crippen LogP) is 7.15. The number of fused-ring (bicyclic) bond motifs is 2. The van der Waals surface area contributed by atoms with Crippen molar-refractivity contribution >= 4 is 0 Å². The number of aromatic hydroxyl groups is 1. The molecular weight excluding hydrogens is 592 g/mol. The second-order valence-electron chi connectivity index (χ2n) is 14.3. The minimum atomic E-state index is 0.0758. The van der Waals surface area contributed by atoms with Crippen LogP contribution in [-0.2, 0) is 25.7 Å². The zero-order valence-electron chi connectivity index (χ0n) is 28.6. The maximum Gasteiger partial charge on any atom is 0.204 e. The Labute approximate surface area is 277 Å². The number of phenolic OH excluding ortho intramolecular Hbond substituents is 1. The van der Waals surface area contributed by atoms with Crippen LogP contribution in [-0.4, -0.2) is 76.7 Å². The summed E-state index contributed by atoms with van der Waals surface area (Å²) in [5, 5.41) is 10.8. The van der Waals surface area contributed by atoms with Crippen LogP contribution in [0.5, 0.6) is 46.0 Å². The monoisotopic (exact) mass is 638 g/mol. The summed E-state index contributed by atoms with van der Waals surface area (Å²) in [6, 6.07) is 20.6. The molecule has 4 heterocycles. The van der Waals surface area contributed by atoms with Crippen molar-refractivity contribution in [3.8, 4) is 46.0 Å². The highest BCUT2D eigenvalue weighted by molar-refractivity contribution is 5.63. The maximum absolute atomic E-state index is 10.8. The van der Waals surface area contributed by atoms with Gasteiger partial charge in [0.1, 0.15) is 17.8 Å². The molecule has 8 heteroatoms. The maximum atomic E-state index is 10.8. The summed E-state index contributed by atoms with van der Waals surface area (Å²) in [4.78, 5) is 0. The number of nitrogens with zero attached hydrogens (tertiary/aromatic N) is 2. The Kier molecular flexibility index (Phi) is 7.76. The van der Waals surface area contributed by atoms with Crippen LogP contribution in [0, 0.1) is 0 Å². The van der Waals surface area contributed by atoms with Crippen molar-refractivity contribution in [2.75, 3.05) is 62.6 Å². The van der Waals surface area contributed by atoms with Crippen LogP contribution >= 0.6 is 0 Å². The lowest BCUT2D eigenvalue weighted by molar-refractivity contribution is -0.923. The first kappa shape index (κ1) is 31.2. The van der Waals surface area contributed by atoms with E-state index in [9.17, 15) is 5.11 Å². The lowest BCUT2D eigenvalue weighted by Gasteiger charge is -2.44. The van der Waals surface area contributed by atoms with E-state index in [4.69, 9.17) is 23.7 Å². The third-order valence-corrected chi connectivity index (χ3v) is 10.7. The van der Waals surface area contributed by atoms with Crippen molar-refractivity contribution in [1.82, 2.24) is 0 Å². The Morgan fingerprint density at radius 3 is 2.00 bits per heavy atom. The number of rotatable bonds is 3. The normalized spacial score (nSPS) is 20.5. The minimum Gasteiger partial charge on any atom is -0.504 e. The molecule has 47 heavy (non-hydrogen) atoms. The Morgan fingerprint density at radius 1 is 0.660 bits per heavy atom. The molecule has 8 nitrogen and oxygen atoms in total. The molecule has 4 aliphatic heterocycles. The molecule has 246 valence electrons. The molecule has 4 aromatic carbocycles. The second-order valence-corrected chi connectivity index (χ2v) is 14.3. The summed E-state index contributed by atoms with van der Waals surface area (Å²) in [6.07, 6.45) is 3.36. The fraction of sp³-hybridized carbons (Fsp3) is 0.385. The summed E-state index contributed by atoms with van der Waals surface area (Å²) in [5.41, 5.74) is 7.09. The molecule has 0 radical (unpaired) electrons. The highest BCUT2D eigenvalue weighted by Gasteiger charge is 2.42. The van der Waals surface area contributed by atoms with Gasteiger partial charge in [-0.15, -0.1) is 0 Å². The SMILES string of the molecule is COc1cc2c3cc1Oc1c(OC)c(OC)cc4c1[C@H](Cc1ccc(cc1)Oc1cc(ccc1O)C[C@H]3[N+](C)(C)CC2)[N+](C)(C)CC4. The highest BCUT2D eigenvalue weighted by atomic mass is 16.5. The van der Waals surface area contributed by atoms with E-state index in [2.05, 4.69) is 58.5 Å².